The average Bonchev–Trinajstić information content (AvgIpc) is 1.78. The van der Waals surface area contributed by atoms with Gasteiger partial charge in [-0.05, 0) is 171 Å². The molecule has 133 heavy (non-hydrogen) atoms. The lowest BCUT2D eigenvalue weighted by Crippen LogP contribution is -2.65. The molecule has 1 aliphatic rings. The summed E-state index contributed by atoms with van der Waals surface area (Å²) in [4.78, 5) is 254. The second-order valence-electron chi connectivity index (χ2n) is 34.4. The topological polar surface area (TPSA) is 663 Å². The van der Waals surface area contributed by atoms with E-state index in [0.717, 1.165) is 51.8 Å². The van der Waals surface area contributed by atoms with Gasteiger partial charge in [0.1, 0.15) is 84.4 Å². The van der Waals surface area contributed by atoms with Crippen LogP contribution in [-0.4, -0.2) is 241 Å². The van der Waals surface area contributed by atoms with Crippen molar-refractivity contribution in [2.24, 2.45) is 28.7 Å². The van der Waals surface area contributed by atoms with E-state index >= 15 is 28.8 Å². The minimum atomic E-state index is -2.03. The van der Waals surface area contributed by atoms with Gasteiger partial charge in [0.2, 0.25) is 100 Å². The Kier molecular flexibility index (Phi) is 41.4. The number of H-pyrrole nitrogens is 2. The van der Waals surface area contributed by atoms with E-state index in [-0.39, 0.29) is 128 Å². The Bertz CT molecular complexity index is 5090. The number of hydrogen-bond donors (Lipinski definition) is 22. The summed E-state index contributed by atoms with van der Waals surface area (Å²) in [5, 5.41) is 51.1. The van der Waals surface area contributed by atoms with E-state index in [1.165, 1.54) is 61.0 Å². The molecule has 0 spiro atoms. The predicted octanol–water partition coefficient (Wildman–Crippen LogP) is -1.11. The Morgan fingerprint density at radius 3 is 1.82 bits per heavy atom. The average molecular weight is 1890 g/mol. The predicted molar refractivity (Wildman–Crippen MR) is 499 cm³/mol. The Labute approximate surface area is 778 Å². The van der Waals surface area contributed by atoms with Crippen molar-refractivity contribution in [3.05, 3.63) is 132 Å². The number of aromatic nitrogens is 3. The molecule has 43 heteroatoms. The molecule has 17 amide bonds. The number of rotatable bonds is 45. The van der Waals surface area contributed by atoms with Gasteiger partial charge in [-0.25, -0.2) is 4.98 Å². The zero-order valence-electron chi connectivity index (χ0n) is 76.5. The van der Waals surface area contributed by atoms with Crippen LogP contribution in [0.2, 0.25) is 0 Å². The largest absolute Gasteiger partial charge is 0.492 e. The molecule has 13 atom stereocenters. The van der Waals surface area contributed by atoms with Gasteiger partial charge < -0.3 is 123 Å². The number of unbranched alkanes of at least 4 members (excludes halogenated alkanes) is 3. The first-order valence-corrected chi connectivity index (χ1v) is 46.2. The monoisotopic (exact) mass is 1880 g/mol. The first-order valence-electron chi connectivity index (χ1n) is 44.1. The van der Waals surface area contributed by atoms with Gasteiger partial charge in [0.15, 0.2) is 0 Å². The number of imidazole rings is 1. The minimum Gasteiger partial charge on any atom is -0.492 e. The number of aliphatic hydroxyl groups is 1. The maximum atomic E-state index is 16.4. The lowest BCUT2D eigenvalue weighted by Gasteiger charge is -2.39. The summed E-state index contributed by atoms with van der Waals surface area (Å²) in [6.07, 6.45) is 0.459. The highest BCUT2D eigenvalue weighted by Crippen LogP contribution is 2.47. The van der Waals surface area contributed by atoms with Crippen LogP contribution in [-0.2, 0) is 107 Å². The first-order chi connectivity index (χ1) is 62.9. The number of para-hydroxylation sites is 1. The zero-order chi connectivity index (χ0) is 98.0. The van der Waals surface area contributed by atoms with Gasteiger partial charge in [0.25, 0.3) is 0 Å². The van der Waals surface area contributed by atoms with E-state index in [4.69, 9.17) is 33.4 Å². The van der Waals surface area contributed by atoms with Crippen molar-refractivity contribution in [1.82, 2.24) is 89.4 Å². The van der Waals surface area contributed by atoms with Crippen molar-refractivity contribution in [3.8, 4) is 5.75 Å². The molecule has 724 valence electrons. The minimum absolute atomic E-state index is 0.0646. The number of amides is 17. The molecule has 2 aromatic heterocycles. The summed E-state index contributed by atoms with van der Waals surface area (Å²) < 4.78 is 2.58. The summed E-state index contributed by atoms with van der Waals surface area (Å²) >= 11 is 0. The molecule has 3 heterocycles. The highest BCUT2D eigenvalue weighted by atomic mass is 33.1. The maximum absolute atomic E-state index is 16.4. The van der Waals surface area contributed by atoms with Gasteiger partial charge in [-0.2, -0.15) is 0 Å². The number of hydrogen-bond acceptors (Lipinski definition) is 24. The SMILES string of the molecule is CC(=O)NCCCC[C@@H]1NC(=O)[C@H](Cc2c[nH]c3c(C)cccc23)NC(=O)[C@H]([C@@H](C)O)NC(=O)[C@H](CC(N)=O)NC(=O)[C@@H](NC(C)=O)C(C)(C)SSC(C)(C)[C@@H](C(=O)N[C@@H](Cc2ccc(OCCN)cc2)C(=O)N[C@@H](CCc2ccc3ccccc3c2)C(=O)N[C@@](C)(CCCCN)C(=O)N[C@@H](CCCCNC(C)=O)C(=O)N[C@@H](CC(N)=O)C(=O)N[C@@H](Cc2cnc[nH]2)C(N)=O)NC1=O. The molecule has 1 fully saturated rings. The van der Waals surface area contributed by atoms with Gasteiger partial charge in [-0.1, -0.05) is 94.4 Å². The molecule has 0 bridgehead atoms. The van der Waals surface area contributed by atoms with E-state index < -0.39 is 189 Å². The number of nitrogens with zero attached hydrogens (tertiary/aromatic N) is 1. The number of aliphatic hydroxyl groups excluding tert-OH is 1. The fraction of sp³-hybridized carbons (Fsp3) is 0.511. The summed E-state index contributed by atoms with van der Waals surface area (Å²) in [7, 11) is 1.81. The van der Waals surface area contributed by atoms with Gasteiger partial charge in [-0.15, -0.1) is 0 Å². The Morgan fingerprint density at radius 1 is 0.579 bits per heavy atom. The van der Waals surface area contributed by atoms with Crippen molar-refractivity contribution in [2.75, 3.05) is 32.8 Å². The zero-order valence-corrected chi connectivity index (χ0v) is 78.2. The van der Waals surface area contributed by atoms with E-state index in [1.807, 2.05) is 55.5 Å². The van der Waals surface area contributed by atoms with E-state index in [1.54, 1.807) is 42.6 Å². The fourth-order valence-electron chi connectivity index (χ4n) is 14.9. The molecule has 41 nitrogen and oxygen atoms in total. The number of ether oxygens (including phenoxy) is 1. The van der Waals surface area contributed by atoms with Crippen LogP contribution in [0.25, 0.3) is 21.7 Å². The number of nitrogens with two attached hydrogens (primary N) is 5. The smallest absolute Gasteiger partial charge is 0.246 e. The Balaban J connectivity index is 1.36. The summed E-state index contributed by atoms with van der Waals surface area (Å²) in [5.74, 6) is -15.8. The number of fused-ring (bicyclic) bond motifs is 2. The van der Waals surface area contributed by atoms with Crippen LogP contribution < -0.4 is 108 Å². The third-order valence-corrected chi connectivity index (χ3v) is 26.5. The number of nitrogens with one attached hydrogen (secondary N) is 16. The number of primary amides is 3. The molecule has 1 saturated heterocycles. The number of carbonyl (C=O) groups is 17. The number of aromatic amines is 2. The molecule has 27 N–H and O–H groups in total. The molecule has 0 radical (unpaired) electrons. The normalized spacial score (nSPS) is 19.1. The summed E-state index contributed by atoms with van der Waals surface area (Å²) in [6.45, 7) is 14.8. The van der Waals surface area contributed by atoms with Crippen molar-refractivity contribution in [3.63, 3.8) is 0 Å². The Morgan fingerprint density at radius 2 is 1.19 bits per heavy atom. The number of aryl methyl sites for hydroxylation is 2. The molecular formula is C90H128N22O19S2. The summed E-state index contributed by atoms with van der Waals surface area (Å²) in [5.41, 5.74) is 30.2. The van der Waals surface area contributed by atoms with Crippen molar-refractivity contribution < 1.29 is 91.4 Å². The van der Waals surface area contributed by atoms with Crippen molar-refractivity contribution >= 4 is 144 Å². The van der Waals surface area contributed by atoms with Gasteiger partial charge >= 0.3 is 0 Å². The molecule has 6 aromatic rings. The molecule has 0 aliphatic carbocycles. The molecule has 4 aromatic carbocycles. The standard InChI is InChI=1S/C90H128N22O19S2/c1-49-20-19-23-61-58(46-99-72(49)61)42-67-80(123)102-62(24-13-17-37-97-51(3)114)78(121)111-75(89(8,9)133-132-88(6,7)74(101-53(5)116)85(128)108-69(45-71(94)118)82(125)110-73(50(2)113)84(127)106-67)86(129)107-66(41-55-27-31-60(32-28-55)131-39-36-92)79(122)103-64(33-29-54-26-30-56-21-11-12-22-57(56)40-54)83(126)112-90(10,34-15-16-35-91)87(130)109-63(25-14-18-38-98-52(4)115)77(120)105-68(44-70(93)117)81(124)104-65(76(95)119)43-59-47-96-48-100-59/h11-12,19-23,26-28,30-32,40,46-48,50,62-69,73-75,99,113H,13-18,24-25,29,33-39,41-45,91-92H2,1-10H3,(H2,93,117)(H2,94,118)(H2,95,119)(H,96,100)(H,97,114)(H,98,115)(H,101,116)(H,102,123)(H,103,122)(H,104,124)(H,105,120)(H,106,127)(H,107,129)(H,108,128)(H,109,130)(H,110,125)(H,111,121)(H,112,126)/t50-,62+,63+,64+,65+,66+,67+,68+,69+,73+,74-,75-,90+/m1/s1. The molecule has 0 unspecified atom stereocenters. The van der Waals surface area contributed by atoms with Gasteiger partial charge in [0.05, 0.1) is 25.3 Å². The van der Waals surface area contributed by atoms with Crippen LogP contribution in [0, 0.1) is 6.92 Å². The number of benzene rings is 4. The second-order valence-corrected chi connectivity index (χ2v) is 37.8. The van der Waals surface area contributed by atoms with Gasteiger partial charge in [-0.3, -0.25) is 81.5 Å². The molecular weight excluding hydrogens is 1760 g/mol. The highest BCUT2D eigenvalue weighted by molar-refractivity contribution is 8.77. The van der Waals surface area contributed by atoms with Crippen LogP contribution in [0.3, 0.4) is 0 Å². The van der Waals surface area contributed by atoms with Crippen LogP contribution in [0.15, 0.2) is 104 Å². The summed E-state index contributed by atoms with van der Waals surface area (Å²) in [6, 6.07) is 6.06. The number of carbonyl (C=O) groups excluding carboxylic acids is 17. The second kappa shape index (κ2) is 51.3. The van der Waals surface area contributed by atoms with Crippen molar-refractivity contribution in [1.29, 1.82) is 0 Å². The van der Waals surface area contributed by atoms with Gasteiger partial charge in [0, 0.05) is 98.2 Å². The van der Waals surface area contributed by atoms with Crippen LogP contribution in [0.1, 0.15) is 167 Å². The first kappa shape index (κ1) is 107. The fourth-order valence-corrected chi connectivity index (χ4v) is 17.7. The third kappa shape index (κ3) is 33.8. The Hall–Kier alpha value is -12.7. The van der Waals surface area contributed by atoms with Crippen molar-refractivity contribution in [2.45, 2.75) is 260 Å². The molecule has 1 aliphatic heterocycles. The van der Waals surface area contributed by atoms with E-state index in [2.05, 4.69) is 89.4 Å². The lowest BCUT2D eigenvalue weighted by atomic mass is 9.91. The third-order valence-electron chi connectivity index (χ3n) is 22.3. The van der Waals surface area contributed by atoms with E-state index in [9.17, 15) is 57.8 Å². The highest BCUT2D eigenvalue weighted by Gasteiger charge is 2.47. The van der Waals surface area contributed by atoms with E-state index in [0.29, 0.717) is 45.5 Å². The van der Waals surface area contributed by atoms with Crippen LogP contribution in [0.5, 0.6) is 5.75 Å². The maximum Gasteiger partial charge on any atom is 0.246 e. The molecule has 7 rings (SSSR count). The van der Waals surface area contributed by atoms with Crippen LogP contribution in [0.4, 0.5) is 0 Å². The van der Waals surface area contributed by atoms with Crippen LogP contribution >= 0.6 is 21.6 Å². The molecule has 0 saturated carbocycles. The quantitative estimate of drug-likeness (QED) is 0.0159. The lowest BCUT2D eigenvalue weighted by molar-refractivity contribution is -0.138.